The molecule has 5 heteroatoms. The van der Waals surface area contributed by atoms with Crippen LogP contribution in [0.3, 0.4) is 0 Å². The minimum Gasteiger partial charge on any atom is -0.280 e. The average Bonchev–Trinajstić information content (AvgIpc) is 2.33. The summed E-state index contributed by atoms with van der Waals surface area (Å²) < 4.78 is 27.0. The number of rotatable bonds is 3. The van der Waals surface area contributed by atoms with Crippen LogP contribution in [0.15, 0.2) is 47.6 Å². The molecule has 1 heterocycles. The fourth-order valence-electron chi connectivity index (χ4n) is 1.63. The first kappa shape index (κ1) is 12.6. The largest absolute Gasteiger partial charge is 0.280 e. The molecule has 0 atom stereocenters. The van der Waals surface area contributed by atoms with Gasteiger partial charge in [-0.3, -0.25) is 9.71 Å². The van der Waals surface area contributed by atoms with Gasteiger partial charge in [-0.05, 0) is 43.2 Å². The van der Waals surface area contributed by atoms with Crippen molar-refractivity contribution in [1.82, 2.24) is 4.98 Å². The lowest BCUT2D eigenvalue weighted by molar-refractivity contribution is 0.600. The maximum absolute atomic E-state index is 12.2. The number of benzene rings is 1. The van der Waals surface area contributed by atoms with Gasteiger partial charge in [-0.15, -0.1) is 0 Å². The lowest BCUT2D eigenvalue weighted by Gasteiger charge is -2.10. The van der Waals surface area contributed by atoms with Crippen LogP contribution in [-0.2, 0) is 10.0 Å². The predicted molar refractivity (Wildman–Crippen MR) is 71.0 cm³/mol. The van der Waals surface area contributed by atoms with Gasteiger partial charge in [-0.2, -0.15) is 0 Å². The number of aryl methyl sites for hydroxylation is 2. The van der Waals surface area contributed by atoms with Crippen molar-refractivity contribution in [3.05, 3.63) is 53.9 Å². The fraction of sp³-hybridized carbons (Fsp3) is 0.154. The second kappa shape index (κ2) is 4.78. The number of hydrogen-bond acceptors (Lipinski definition) is 3. The highest BCUT2D eigenvalue weighted by Crippen LogP contribution is 2.19. The molecule has 0 saturated heterocycles. The summed E-state index contributed by atoms with van der Waals surface area (Å²) in [6, 6.07) is 8.58. The number of sulfonamides is 1. The molecule has 1 N–H and O–H groups in total. The van der Waals surface area contributed by atoms with Gasteiger partial charge in [0, 0.05) is 12.4 Å². The Labute approximate surface area is 107 Å². The van der Waals surface area contributed by atoms with Gasteiger partial charge in [-0.1, -0.05) is 12.1 Å². The molecule has 0 aliphatic carbocycles. The smallest absolute Gasteiger partial charge is 0.262 e. The predicted octanol–water partition coefficient (Wildman–Crippen LogP) is 2.50. The third-order valence-electron chi connectivity index (χ3n) is 2.57. The molecule has 0 saturated carbocycles. The minimum atomic E-state index is -3.54. The molecule has 0 aliphatic heterocycles. The van der Waals surface area contributed by atoms with E-state index in [1.165, 1.54) is 0 Å². The second-order valence-electron chi connectivity index (χ2n) is 4.11. The molecule has 0 bridgehead atoms. The molecule has 1 aromatic carbocycles. The van der Waals surface area contributed by atoms with Gasteiger partial charge in [0.05, 0.1) is 10.6 Å². The van der Waals surface area contributed by atoms with Gasteiger partial charge in [0.25, 0.3) is 10.0 Å². The van der Waals surface area contributed by atoms with Crippen LogP contribution < -0.4 is 4.72 Å². The van der Waals surface area contributed by atoms with E-state index in [0.717, 1.165) is 11.1 Å². The highest BCUT2D eigenvalue weighted by Gasteiger charge is 2.16. The van der Waals surface area contributed by atoms with Crippen molar-refractivity contribution in [1.29, 1.82) is 0 Å². The molecule has 0 fully saturated rings. The zero-order valence-corrected chi connectivity index (χ0v) is 11.0. The van der Waals surface area contributed by atoms with Gasteiger partial charge in [0.2, 0.25) is 0 Å². The molecular formula is C13H14N2O2S. The first-order valence-electron chi connectivity index (χ1n) is 5.49. The number of anilines is 1. The van der Waals surface area contributed by atoms with Crippen LogP contribution in [0.25, 0.3) is 0 Å². The van der Waals surface area contributed by atoms with Crippen molar-refractivity contribution in [2.75, 3.05) is 4.72 Å². The first-order chi connectivity index (χ1) is 8.49. The Morgan fingerprint density at radius 3 is 2.39 bits per heavy atom. The van der Waals surface area contributed by atoms with E-state index in [1.807, 2.05) is 13.0 Å². The van der Waals surface area contributed by atoms with Crippen LogP contribution in [0.2, 0.25) is 0 Å². The monoisotopic (exact) mass is 262 g/mol. The molecule has 0 unspecified atom stereocenters. The first-order valence-corrected chi connectivity index (χ1v) is 6.97. The van der Waals surface area contributed by atoms with Gasteiger partial charge in [0.15, 0.2) is 0 Å². The Bertz CT molecular complexity index is 652. The topological polar surface area (TPSA) is 59.1 Å². The van der Waals surface area contributed by atoms with Crippen molar-refractivity contribution in [2.24, 2.45) is 0 Å². The van der Waals surface area contributed by atoms with Crippen LogP contribution >= 0.6 is 0 Å². The minimum absolute atomic E-state index is 0.305. The van der Waals surface area contributed by atoms with Crippen LogP contribution in [0.1, 0.15) is 11.1 Å². The van der Waals surface area contributed by atoms with Crippen molar-refractivity contribution < 1.29 is 8.42 Å². The van der Waals surface area contributed by atoms with E-state index in [9.17, 15) is 8.42 Å². The summed E-state index contributed by atoms with van der Waals surface area (Å²) >= 11 is 0. The Hall–Kier alpha value is -1.88. The summed E-state index contributed by atoms with van der Waals surface area (Å²) in [6.07, 6.45) is 3.09. The van der Waals surface area contributed by atoms with Crippen LogP contribution in [-0.4, -0.2) is 13.4 Å². The summed E-state index contributed by atoms with van der Waals surface area (Å²) in [7, 11) is -3.54. The van der Waals surface area contributed by atoms with E-state index < -0.39 is 10.0 Å². The quantitative estimate of drug-likeness (QED) is 0.924. The second-order valence-corrected chi connectivity index (χ2v) is 5.76. The molecule has 0 amide bonds. The van der Waals surface area contributed by atoms with Crippen molar-refractivity contribution in [3.63, 3.8) is 0 Å². The maximum Gasteiger partial charge on any atom is 0.262 e. The molecule has 0 aliphatic rings. The molecule has 2 rings (SSSR count). The SMILES string of the molecule is Cc1ccc(C)c(S(=O)(=O)Nc2ccncc2)c1. The Balaban J connectivity index is 2.40. The van der Waals surface area contributed by atoms with E-state index in [4.69, 9.17) is 0 Å². The zero-order chi connectivity index (χ0) is 13.2. The third-order valence-corrected chi connectivity index (χ3v) is 4.09. The maximum atomic E-state index is 12.2. The van der Waals surface area contributed by atoms with Gasteiger partial charge < -0.3 is 0 Å². The number of pyridine rings is 1. The van der Waals surface area contributed by atoms with Crippen LogP contribution in [0.5, 0.6) is 0 Å². The molecule has 94 valence electrons. The number of nitrogens with zero attached hydrogens (tertiary/aromatic N) is 1. The zero-order valence-electron chi connectivity index (χ0n) is 10.2. The summed E-state index contributed by atoms with van der Waals surface area (Å²) in [4.78, 5) is 4.15. The van der Waals surface area contributed by atoms with Crippen LogP contribution in [0, 0.1) is 13.8 Å². The fourth-order valence-corrected chi connectivity index (χ4v) is 3.02. The lowest BCUT2D eigenvalue weighted by atomic mass is 10.2. The molecule has 1 aromatic heterocycles. The lowest BCUT2D eigenvalue weighted by Crippen LogP contribution is -2.14. The molecule has 2 aromatic rings. The van der Waals surface area contributed by atoms with Crippen molar-refractivity contribution in [2.45, 2.75) is 18.7 Å². The summed E-state index contributed by atoms with van der Waals surface area (Å²) in [6.45, 7) is 3.64. The van der Waals surface area contributed by atoms with E-state index in [2.05, 4.69) is 9.71 Å². The van der Waals surface area contributed by atoms with E-state index >= 15 is 0 Å². The molecule has 18 heavy (non-hydrogen) atoms. The Kier molecular flexibility index (Phi) is 3.34. The van der Waals surface area contributed by atoms with Gasteiger partial charge in [-0.25, -0.2) is 8.42 Å². The average molecular weight is 262 g/mol. The van der Waals surface area contributed by atoms with Gasteiger partial charge >= 0.3 is 0 Å². The number of aromatic nitrogens is 1. The van der Waals surface area contributed by atoms with Crippen molar-refractivity contribution >= 4 is 15.7 Å². The van der Waals surface area contributed by atoms with E-state index in [-0.39, 0.29) is 0 Å². The van der Waals surface area contributed by atoms with Gasteiger partial charge in [0.1, 0.15) is 0 Å². The summed E-state index contributed by atoms with van der Waals surface area (Å²) in [5.74, 6) is 0. The third kappa shape index (κ3) is 2.68. The van der Waals surface area contributed by atoms with Crippen LogP contribution in [0.4, 0.5) is 5.69 Å². The van der Waals surface area contributed by atoms with E-state index in [1.54, 1.807) is 43.6 Å². The molecule has 0 radical (unpaired) electrons. The Morgan fingerprint density at radius 1 is 1.06 bits per heavy atom. The Morgan fingerprint density at radius 2 is 1.72 bits per heavy atom. The summed E-state index contributed by atoms with van der Waals surface area (Å²) in [5.41, 5.74) is 2.14. The number of nitrogens with one attached hydrogen (secondary N) is 1. The highest BCUT2D eigenvalue weighted by molar-refractivity contribution is 7.92. The van der Waals surface area contributed by atoms with Crippen molar-refractivity contribution in [3.8, 4) is 0 Å². The van der Waals surface area contributed by atoms with E-state index in [0.29, 0.717) is 10.6 Å². The standard InChI is InChI=1S/C13H14N2O2S/c1-10-3-4-11(2)13(9-10)18(16,17)15-12-5-7-14-8-6-12/h3-9H,1-2H3,(H,14,15). The molecular weight excluding hydrogens is 248 g/mol. The normalized spacial score (nSPS) is 11.2. The number of hydrogen-bond donors (Lipinski definition) is 1. The molecule has 0 spiro atoms. The molecule has 4 nitrogen and oxygen atoms in total. The summed E-state index contributed by atoms with van der Waals surface area (Å²) in [5, 5.41) is 0. The highest BCUT2D eigenvalue weighted by atomic mass is 32.2.